The molecule has 0 unspecified atom stereocenters. The molecule has 3 N–H and O–H groups in total. The van der Waals surface area contributed by atoms with Crippen molar-refractivity contribution >= 4 is 29.5 Å². The lowest BCUT2D eigenvalue weighted by Crippen LogP contribution is -2.20. The van der Waals surface area contributed by atoms with Gasteiger partial charge >= 0.3 is 0 Å². The molecule has 0 spiro atoms. The van der Waals surface area contributed by atoms with Gasteiger partial charge in [0.15, 0.2) is 5.69 Å². The zero-order valence-electron chi connectivity index (χ0n) is 13.8. The van der Waals surface area contributed by atoms with Crippen LogP contribution in [0.1, 0.15) is 35.1 Å². The number of nitrogens with zero attached hydrogens (tertiary/aromatic N) is 6. The summed E-state index contributed by atoms with van der Waals surface area (Å²) in [6, 6.07) is 7.01. The van der Waals surface area contributed by atoms with Crippen molar-refractivity contribution in [2.45, 2.75) is 19.8 Å². The molecule has 1 aromatic carbocycles. The van der Waals surface area contributed by atoms with E-state index in [-0.39, 0.29) is 17.3 Å². The number of aromatic nitrogens is 5. The van der Waals surface area contributed by atoms with Gasteiger partial charge in [0.25, 0.3) is 5.91 Å². The van der Waals surface area contributed by atoms with Gasteiger partial charge in [0.05, 0.1) is 11.9 Å². The summed E-state index contributed by atoms with van der Waals surface area (Å²) in [6.45, 7) is 1.96. The van der Waals surface area contributed by atoms with E-state index in [9.17, 15) is 4.79 Å². The van der Waals surface area contributed by atoms with E-state index in [1.165, 1.54) is 10.9 Å². The van der Waals surface area contributed by atoms with Crippen LogP contribution in [0.2, 0.25) is 5.02 Å². The quantitative estimate of drug-likeness (QED) is 0.493. The van der Waals surface area contributed by atoms with Gasteiger partial charge in [-0.25, -0.2) is 10.1 Å². The Hall–Kier alpha value is -3.27. The molecule has 2 heterocycles. The van der Waals surface area contributed by atoms with E-state index in [0.717, 1.165) is 12.0 Å². The first-order valence-corrected chi connectivity index (χ1v) is 8.10. The van der Waals surface area contributed by atoms with Crippen LogP contribution in [0.25, 0.3) is 5.82 Å². The van der Waals surface area contributed by atoms with Gasteiger partial charge < -0.3 is 5.73 Å². The number of halogens is 1. The molecule has 0 saturated carbocycles. The minimum atomic E-state index is -0.500. The fourth-order valence-corrected chi connectivity index (χ4v) is 2.34. The van der Waals surface area contributed by atoms with Gasteiger partial charge in [0.1, 0.15) is 0 Å². The molecular formula is C15H15ClN8O2. The molecule has 3 rings (SSSR count). The second-order valence-corrected chi connectivity index (χ2v) is 5.71. The molecule has 0 atom stereocenters. The number of rotatable bonds is 6. The fraction of sp³-hybridized carbons (Fsp3) is 0.200. The molecule has 1 amide bonds. The number of carbonyl (C=O) groups is 1. The minimum Gasteiger partial charge on any atom is -0.378 e. The van der Waals surface area contributed by atoms with E-state index < -0.39 is 5.91 Å². The lowest BCUT2D eigenvalue weighted by atomic mass is 10.2. The number of hydrazone groups is 1. The highest BCUT2D eigenvalue weighted by molar-refractivity contribution is 6.30. The van der Waals surface area contributed by atoms with E-state index in [1.54, 1.807) is 24.3 Å². The van der Waals surface area contributed by atoms with Gasteiger partial charge in [-0.15, -0.1) is 5.10 Å². The van der Waals surface area contributed by atoms with Crippen LogP contribution in [0.3, 0.4) is 0 Å². The van der Waals surface area contributed by atoms with Crippen molar-refractivity contribution in [3.63, 3.8) is 0 Å². The topological polar surface area (TPSA) is 137 Å². The lowest BCUT2D eigenvalue weighted by Gasteiger charge is -2.03. The molecular weight excluding hydrogens is 360 g/mol. The van der Waals surface area contributed by atoms with Gasteiger partial charge in [-0.05, 0) is 34.4 Å². The SMILES string of the molecule is CCCc1c(C(=O)N/N=C/c2ccc(Cl)cc2)nnn1-c1nonc1N. The maximum Gasteiger partial charge on any atom is 0.293 e. The number of benzene rings is 1. The van der Waals surface area contributed by atoms with Crippen LogP contribution in [-0.4, -0.2) is 37.4 Å². The molecule has 0 aliphatic carbocycles. The highest BCUT2D eigenvalue weighted by atomic mass is 35.5. The first kappa shape index (κ1) is 17.5. The smallest absolute Gasteiger partial charge is 0.293 e. The molecule has 10 nitrogen and oxygen atoms in total. The highest BCUT2D eigenvalue weighted by Gasteiger charge is 2.23. The predicted octanol–water partition coefficient (Wildman–Crippen LogP) is 1.60. The number of carbonyl (C=O) groups excluding carboxylic acids is 1. The average Bonchev–Trinajstić information content (AvgIpc) is 3.23. The highest BCUT2D eigenvalue weighted by Crippen LogP contribution is 2.17. The van der Waals surface area contributed by atoms with E-state index in [0.29, 0.717) is 17.1 Å². The Morgan fingerprint density at radius 2 is 2.15 bits per heavy atom. The molecule has 3 aromatic rings. The number of nitrogens with one attached hydrogen (secondary N) is 1. The van der Waals surface area contributed by atoms with Crippen LogP contribution in [-0.2, 0) is 6.42 Å². The molecule has 0 radical (unpaired) electrons. The van der Waals surface area contributed by atoms with Gasteiger partial charge in [-0.1, -0.05) is 42.3 Å². The number of nitrogen functional groups attached to an aromatic ring is 1. The van der Waals surface area contributed by atoms with Crippen molar-refractivity contribution in [1.29, 1.82) is 0 Å². The van der Waals surface area contributed by atoms with Crippen LogP contribution >= 0.6 is 11.6 Å². The summed E-state index contributed by atoms with van der Waals surface area (Å²) in [7, 11) is 0. The first-order valence-electron chi connectivity index (χ1n) is 7.72. The minimum absolute atomic E-state index is 0.0555. The Balaban J connectivity index is 1.79. The molecule has 26 heavy (non-hydrogen) atoms. The van der Waals surface area contributed by atoms with Crippen molar-refractivity contribution in [3.8, 4) is 5.82 Å². The van der Waals surface area contributed by atoms with E-state index in [4.69, 9.17) is 17.3 Å². The largest absolute Gasteiger partial charge is 0.378 e. The Morgan fingerprint density at radius 1 is 1.38 bits per heavy atom. The molecule has 0 bridgehead atoms. The summed E-state index contributed by atoms with van der Waals surface area (Å²) >= 11 is 5.82. The van der Waals surface area contributed by atoms with Crippen molar-refractivity contribution < 1.29 is 9.42 Å². The maximum absolute atomic E-state index is 12.4. The number of anilines is 1. The Kier molecular flexibility index (Phi) is 5.23. The van der Waals surface area contributed by atoms with Crippen molar-refractivity contribution in [2.24, 2.45) is 5.10 Å². The van der Waals surface area contributed by atoms with Crippen LogP contribution in [0.15, 0.2) is 34.0 Å². The van der Waals surface area contributed by atoms with Crippen LogP contribution in [0, 0.1) is 0 Å². The van der Waals surface area contributed by atoms with E-state index in [2.05, 4.69) is 35.8 Å². The average molecular weight is 375 g/mol. The second kappa shape index (κ2) is 7.74. The Labute approximate surface area is 153 Å². The summed E-state index contributed by atoms with van der Waals surface area (Å²) < 4.78 is 5.92. The van der Waals surface area contributed by atoms with Gasteiger partial charge in [0, 0.05) is 5.02 Å². The van der Waals surface area contributed by atoms with Crippen molar-refractivity contribution in [3.05, 3.63) is 46.2 Å². The Morgan fingerprint density at radius 3 is 2.81 bits per heavy atom. The number of nitrogens with two attached hydrogens (primary N) is 1. The zero-order valence-corrected chi connectivity index (χ0v) is 14.5. The predicted molar refractivity (Wildman–Crippen MR) is 94.1 cm³/mol. The third kappa shape index (κ3) is 3.70. The van der Waals surface area contributed by atoms with Crippen LogP contribution < -0.4 is 11.2 Å². The van der Waals surface area contributed by atoms with Crippen molar-refractivity contribution in [1.82, 2.24) is 30.7 Å². The zero-order chi connectivity index (χ0) is 18.5. The van der Waals surface area contributed by atoms with Gasteiger partial charge in [0.2, 0.25) is 11.6 Å². The molecule has 134 valence electrons. The Bertz CT molecular complexity index is 932. The monoisotopic (exact) mass is 374 g/mol. The fourth-order valence-electron chi connectivity index (χ4n) is 2.21. The number of amides is 1. The summed E-state index contributed by atoms with van der Waals surface area (Å²) in [5.74, 6) is -0.260. The van der Waals surface area contributed by atoms with Gasteiger partial charge in [-0.2, -0.15) is 9.78 Å². The summed E-state index contributed by atoms with van der Waals surface area (Å²) in [6.07, 6.45) is 2.79. The molecule has 0 saturated heterocycles. The number of hydrogen-bond acceptors (Lipinski definition) is 8. The van der Waals surface area contributed by atoms with Crippen LogP contribution in [0.5, 0.6) is 0 Å². The van der Waals surface area contributed by atoms with Crippen LogP contribution in [0.4, 0.5) is 5.82 Å². The molecule has 11 heteroatoms. The third-order valence-electron chi connectivity index (χ3n) is 3.41. The maximum atomic E-state index is 12.4. The molecule has 0 fully saturated rings. The summed E-state index contributed by atoms with van der Waals surface area (Å²) in [4.78, 5) is 12.4. The second-order valence-electron chi connectivity index (χ2n) is 5.27. The molecule has 0 aliphatic rings. The first-order chi connectivity index (χ1) is 12.6. The van der Waals surface area contributed by atoms with E-state index >= 15 is 0 Å². The summed E-state index contributed by atoms with van der Waals surface area (Å²) in [5, 5.41) is 19.6. The molecule has 2 aromatic heterocycles. The summed E-state index contributed by atoms with van der Waals surface area (Å²) in [5.41, 5.74) is 9.56. The standard InChI is InChI=1S/C15H15ClN8O2/c1-2-3-11-12(19-23-24(11)14-13(17)21-26-22-14)15(25)20-18-8-9-4-6-10(16)7-5-9/h4-8H,2-3H2,1H3,(H2,17,21)(H,20,25)/b18-8+. The lowest BCUT2D eigenvalue weighted by molar-refractivity contribution is 0.0949. The normalized spacial score (nSPS) is 11.2. The van der Waals surface area contributed by atoms with Crippen molar-refractivity contribution in [2.75, 3.05) is 5.73 Å². The van der Waals surface area contributed by atoms with E-state index in [1.807, 2.05) is 6.92 Å². The van der Waals surface area contributed by atoms with Gasteiger partial charge in [-0.3, -0.25) is 4.79 Å². The molecule has 0 aliphatic heterocycles. The number of hydrogen-bond donors (Lipinski definition) is 2. The third-order valence-corrected chi connectivity index (χ3v) is 3.66.